The number of ether oxygens (including phenoxy) is 1. The van der Waals surface area contributed by atoms with E-state index in [9.17, 15) is 4.79 Å². The van der Waals surface area contributed by atoms with Crippen LogP contribution in [0.3, 0.4) is 0 Å². The van der Waals surface area contributed by atoms with Gasteiger partial charge in [0, 0.05) is 18.4 Å². The lowest BCUT2D eigenvalue weighted by molar-refractivity contribution is -0.136. The molecule has 5 heteroatoms. The van der Waals surface area contributed by atoms with Crippen LogP contribution in [0.15, 0.2) is 12.4 Å². The van der Waals surface area contributed by atoms with Crippen LogP contribution in [0.1, 0.15) is 31.1 Å². The fourth-order valence-corrected chi connectivity index (χ4v) is 1.73. The SMILES string of the molecule is O=C(O)Cc1cnn([C@H]2CCCCO2)c1. The highest BCUT2D eigenvalue weighted by atomic mass is 16.5. The molecule has 1 atom stereocenters. The Morgan fingerprint density at radius 2 is 2.53 bits per heavy atom. The number of carboxylic acids is 1. The second kappa shape index (κ2) is 4.44. The van der Waals surface area contributed by atoms with Gasteiger partial charge in [-0.2, -0.15) is 5.10 Å². The topological polar surface area (TPSA) is 64.3 Å². The third kappa shape index (κ3) is 2.56. The average Bonchev–Trinajstić information content (AvgIpc) is 2.67. The number of carbonyl (C=O) groups is 1. The maximum absolute atomic E-state index is 10.5. The monoisotopic (exact) mass is 210 g/mol. The third-order valence-corrected chi connectivity index (χ3v) is 2.46. The molecule has 0 unspecified atom stereocenters. The van der Waals surface area contributed by atoms with Crippen LogP contribution in [0, 0.1) is 0 Å². The van der Waals surface area contributed by atoms with E-state index in [1.807, 2.05) is 0 Å². The number of aromatic nitrogens is 2. The highest BCUT2D eigenvalue weighted by molar-refractivity contribution is 5.69. The van der Waals surface area contributed by atoms with Crippen LogP contribution in [0.2, 0.25) is 0 Å². The van der Waals surface area contributed by atoms with Crippen LogP contribution in [-0.4, -0.2) is 27.5 Å². The molecule has 2 heterocycles. The molecule has 15 heavy (non-hydrogen) atoms. The van der Waals surface area contributed by atoms with Crippen LogP contribution in [0.5, 0.6) is 0 Å². The standard InChI is InChI=1S/C10H14N2O3/c13-10(14)5-8-6-11-12(7-8)9-3-1-2-4-15-9/h6-7,9H,1-5H2,(H,13,14)/t9-/m1/s1. The number of aliphatic carboxylic acids is 1. The Balaban J connectivity index is 2.02. The van der Waals surface area contributed by atoms with E-state index < -0.39 is 5.97 Å². The number of rotatable bonds is 3. The molecule has 1 fully saturated rings. The van der Waals surface area contributed by atoms with Gasteiger partial charge in [0.25, 0.3) is 0 Å². The second-order valence-electron chi connectivity index (χ2n) is 3.72. The number of nitrogens with zero attached hydrogens (tertiary/aromatic N) is 2. The fourth-order valence-electron chi connectivity index (χ4n) is 1.73. The number of hydrogen-bond donors (Lipinski definition) is 1. The zero-order chi connectivity index (χ0) is 10.7. The summed E-state index contributed by atoms with van der Waals surface area (Å²) in [6, 6.07) is 0. The lowest BCUT2D eigenvalue weighted by Gasteiger charge is -2.22. The lowest BCUT2D eigenvalue weighted by atomic mass is 10.2. The summed E-state index contributed by atoms with van der Waals surface area (Å²) in [4.78, 5) is 10.5. The van der Waals surface area contributed by atoms with Gasteiger partial charge in [0.15, 0.2) is 0 Å². The fraction of sp³-hybridized carbons (Fsp3) is 0.600. The van der Waals surface area contributed by atoms with Crippen LogP contribution >= 0.6 is 0 Å². The summed E-state index contributed by atoms with van der Waals surface area (Å²) in [5.41, 5.74) is 0.719. The molecule has 2 rings (SSSR count). The molecule has 82 valence electrons. The van der Waals surface area contributed by atoms with Gasteiger partial charge >= 0.3 is 5.97 Å². The maximum atomic E-state index is 10.5. The van der Waals surface area contributed by atoms with Gasteiger partial charge in [-0.05, 0) is 19.3 Å². The summed E-state index contributed by atoms with van der Waals surface area (Å²) >= 11 is 0. The van der Waals surface area contributed by atoms with Gasteiger partial charge in [-0.25, -0.2) is 4.68 Å². The summed E-state index contributed by atoms with van der Waals surface area (Å²) in [6.07, 6.45) is 6.54. The highest BCUT2D eigenvalue weighted by Crippen LogP contribution is 2.21. The largest absolute Gasteiger partial charge is 0.481 e. The first-order valence-electron chi connectivity index (χ1n) is 5.12. The first-order chi connectivity index (χ1) is 7.25. The number of hydrogen-bond acceptors (Lipinski definition) is 3. The van der Waals surface area contributed by atoms with Gasteiger partial charge in [-0.15, -0.1) is 0 Å². The molecule has 0 bridgehead atoms. The van der Waals surface area contributed by atoms with Crippen LogP contribution in [0.25, 0.3) is 0 Å². The van der Waals surface area contributed by atoms with E-state index in [2.05, 4.69) is 5.10 Å². The lowest BCUT2D eigenvalue weighted by Crippen LogP contribution is -2.18. The molecular formula is C10H14N2O3. The molecule has 0 spiro atoms. The molecule has 0 radical (unpaired) electrons. The second-order valence-corrected chi connectivity index (χ2v) is 3.72. The minimum Gasteiger partial charge on any atom is -0.481 e. The van der Waals surface area contributed by atoms with Crippen molar-refractivity contribution < 1.29 is 14.6 Å². The molecule has 1 N–H and O–H groups in total. The van der Waals surface area contributed by atoms with E-state index in [0.717, 1.165) is 31.4 Å². The van der Waals surface area contributed by atoms with E-state index in [4.69, 9.17) is 9.84 Å². The van der Waals surface area contributed by atoms with Crippen molar-refractivity contribution in [2.24, 2.45) is 0 Å². The molecule has 1 aromatic heterocycles. The van der Waals surface area contributed by atoms with Crippen molar-refractivity contribution in [1.82, 2.24) is 9.78 Å². The quantitative estimate of drug-likeness (QED) is 0.814. The molecular weight excluding hydrogens is 196 g/mol. The maximum Gasteiger partial charge on any atom is 0.307 e. The number of carboxylic acid groups (broad SMARTS) is 1. The molecule has 1 aliphatic heterocycles. The summed E-state index contributed by atoms with van der Waals surface area (Å²) < 4.78 is 7.26. The van der Waals surface area contributed by atoms with Crippen molar-refractivity contribution in [2.45, 2.75) is 31.9 Å². The zero-order valence-corrected chi connectivity index (χ0v) is 8.43. The molecule has 1 saturated heterocycles. The van der Waals surface area contributed by atoms with Crippen LogP contribution < -0.4 is 0 Å². The van der Waals surface area contributed by atoms with E-state index in [1.54, 1.807) is 17.1 Å². The van der Waals surface area contributed by atoms with Gasteiger partial charge < -0.3 is 9.84 Å². The summed E-state index contributed by atoms with van der Waals surface area (Å²) in [6.45, 7) is 0.763. The Morgan fingerprint density at radius 3 is 3.20 bits per heavy atom. The first-order valence-corrected chi connectivity index (χ1v) is 5.12. The van der Waals surface area contributed by atoms with Crippen LogP contribution in [-0.2, 0) is 16.0 Å². The predicted molar refractivity (Wildman–Crippen MR) is 52.4 cm³/mol. The van der Waals surface area contributed by atoms with Crippen molar-refractivity contribution in [3.05, 3.63) is 18.0 Å². The molecule has 0 saturated carbocycles. The van der Waals surface area contributed by atoms with Crippen molar-refractivity contribution in [3.63, 3.8) is 0 Å². The zero-order valence-electron chi connectivity index (χ0n) is 8.43. The Bertz CT molecular complexity index is 342. The Hall–Kier alpha value is -1.36. The molecule has 1 aromatic rings. The van der Waals surface area contributed by atoms with Gasteiger partial charge in [0.05, 0.1) is 12.6 Å². The van der Waals surface area contributed by atoms with Crippen LogP contribution in [0.4, 0.5) is 0 Å². The smallest absolute Gasteiger partial charge is 0.307 e. The van der Waals surface area contributed by atoms with E-state index in [-0.39, 0.29) is 12.6 Å². The normalized spacial score (nSPS) is 21.5. The molecule has 0 aliphatic carbocycles. The summed E-state index contributed by atoms with van der Waals surface area (Å²) in [5, 5.41) is 12.7. The summed E-state index contributed by atoms with van der Waals surface area (Å²) in [7, 11) is 0. The van der Waals surface area contributed by atoms with Gasteiger partial charge in [0.1, 0.15) is 6.23 Å². The third-order valence-electron chi connectivity index (χ3n) is 2.46. The Morgan fingerprint density at radius 1 is 1.67 bits per heavy atom. The van der Waals surface area contributed by atoms with Crippen molar-refractivity contribution >= 4 is 5.97 Å². The van der Waals surface area contributed by atoms with E-state index in [1.165, 1.54) is 0 Å². The summed E-state index contributed by atoms with van der Waals surface area (Å²) in [5.74, 6) is -0.834. The Kier molecular flexibility index (Phi) is 3.01. The molecule has 0 amide bonds. The average molecular weight is 210 g/mol. The molecule has 1 aliphatic rings. The minimum atomic E-state index is -0.834. The van der Waals surface area contributed by atoms with Gasteiger partial charge in [-0.1, -0.05) is 0 Å². The van der Waals surface area contributed by atoms with Gasteiger partial charge in [-0.3, -0.25) is 4.79 Å². The van der Waals surface area contributed by atoms with Crippen molar-refractivity contribution in [2.75, 3.05) is 6.61 Å². The van der Waals surface area contributed by atoms with Crippen molar-refractivity contribution in [1.29, 1.82) is 0 Å². The van der Waals surface area contributed by atoms with E-state index in [0.29, 0.717) is 0 Å². The predicted octanol–water partition coefficient (Wildman–Crippen LogP) is 1.21. The Labute approximate surface area is 87.7 Å². The molecule has 0 aromatic carbocycles. The molecule has 5 nitrogen and oxygen atoms in total. The highest BCUT2D eigenvalue weighted by Gasteiger charge is 2.16. The first kappa shape index (κ1) is 10.2. The van der Waals surface area contributed by atoms with Crippen molar-refractivity contribution in [3.8, 4) is 0 Å². The minimum absolute atomic E-state index is 0.0127. The van der Waals surface area contributed by atoms with Gasteiger partial charge in [0.2, 0.25) is 0 Å². The van der Waals surface area contributed by atoms with E-state index >= 15 is 0 Å².